The summed E-state index contributed by atoms with van der Waals surface area (Å²) in [6.45, 7) is 7.56. The number of hydrogen-bond acceptors (Lipinski definition) is 12. The van der Waals surface area contributed by atoms with E-state index in [1.54, 1.807) is 38.1 Å². The maximum absolute atomic E-state index is 13.2. The number of amides is 5. The van der Waals surface area contributed by atoms with E-state index in [1.165, 1.54) is 11.2 Å². The first-order valence-corrected chi connectivity index (χ1v) is 15.5. The van der Waals surface area contributed by atoms with Crippen molar-refractivity contribution >= 4 is 41.7 Å². The number of rotatable bonds is 21. The van der Waals surface area contributed by atoms with E-state index in [-0.39, 0.29) is 38.6 Å². The van der Waals surface area contributed by atoms with Gasteiger partial charge in [0.2, 0.25) is 17.7 Å². The van der Waals surface area contributed by atoms with Crippen LogP contribution in [0.15, 0.2) is 48.3 Å². The number of ether oxygens (including phenoxy) is 2. The molecule has 1 aromatic rings. The van der Waals surface area contributed by atoms with Crippen molar-refractivity contribution in [3.05, 3.63) is 53.9 Å². The second-order valence-corrected chi connectivity index (χ2v) is 11.8. The quantitative estimate of drug-likeness (QED) is 0.0430. The van der Waals surface area contributed by atoms with Crippen LogP contribution in [0.25, 0.3) is 0 Å². The molecule has 1 heterocycles. The maximum Gasteiger partial charge on any atom is 0.293 e. The Bertz CT molecular complexity index is 1330. The average Bonchev–Trinajstić information content (AvgIpc) is 3.37. The molecule has 8 N–H and O–H groups in total. The fourth-order valence-corrected chi connectivity index (χ4v) is 4.64. The van der Waals surface area contributed by atoms with Gasteiger partial charge >= 0.3 is 0 Å². The molecule has 0 aliphatic carbocycles. The van der Waals surface area contributed by atoms with E-state index >= 15 is 0 Å². The lowest BCUT2D eigenvalue weighted by Gasteiger charge is -2.30. The van der Waals surface area contributed by atoms with Crippen molar-refractivity contribution in [1.29, 1.82) is 0 Å². The predicted octanol–water partition coefficient (Wildman–Crippen LogP) is -0.218. The van der Waals surface area contributed by atoms with Crippen molar-refractivity contribution in [2.75, 3.05) is 31.6 Å². The molecular formula is C32H47N7O9. The van der Waals surface area contributed by atoms with Crippen molar-refractivity contribution < 1.29 is 43.3 Å². The largest absolute Gasteiger partial charge is 0.463 e. The molecule has 0 radical (unpaired) electrons. The molecule has 5 amide bonds. The molecule has 48 heavy (non-hydrogen) atoms. The molecule has 3 unspecified atom stereocenters. The zero-order valence-electron chi connectivity index (χ0n) is 27.8. The summed E-state index contributed by atoms with van der Waals surface area (Å²) in [4.78, 5) is 75.0. The van der Waals surface area contributed by atoms with E-state index in [0.717, 1.165) is 22.6 Å². The summed E-state index contributed by atoms with van der Waals surface area (Å²) in [7, 11) is 0. The molecule has 16 heteroatoms. The molecule has 2 rings (SSSR count). The van der Waals surface area contributed by atoms with Crippen LogP contribution in [0.2, 0.25) is 0 Å². The zero-order valence-corrected chi connectivity index (χ0v) is 27.8. The number of anilines is 1. The van der Waals surface area contributed by atoms with Crippen molar-refractivity contribution in [1.82, 2.24) is 20.5 Å². The average molecular weight is 674 g/mol. The molecule has 0 spiro atoms. The van der Waals surface area contributed by atoms with E-state index in [9.17, 15) is 33.9 Å². The molecular weight excluding hydrogens is 626 g/mol. The smallest absolute Gasteiger partial charge is 0.293 e. The maximum atomic E-state index is 13.2. The third-order valence-electron chi connectivity index (χ3n) is 7.67. The van der Waals surface area contributed by atoms with Crippen LogP contribution in [0, 0.1) is 5.92 Å². The van der Waals surface area contributed by atoms with Gasteiger partial charge in [0, 0.05) is 36.3 Å². The van der Waals surface area contributed by atoms with Crippen molar-refractivity contribution in [3.63, 3.8) is 0 Å². The van der Waals surface area contributed by atoms with E-state index in [0.29, 0.717) is 25.0 Å². The molecule has 0 bridgehead atoms. The first-order chi connectivity index (χ1) is 22.7. The number of nitrogens with zero attached hydrogens (tertiary/aromatic N) is 2. The molecule has 3 atom stereocenters. The van der Waals surface area contributed by atoms with Crippen molar-refractivity contribution in [2.45, 2.75) is 71.2 Å². The SMILES string of the molecule is CCC(C)(CCO)OCCN(N)/C=C(\N)C(CC(=O)NC(C(=O)NCC(=O)Nc1ccc(COC=O)cc1)C(C)C)N1C(=O)C=CC1=O. The van der Waals surface area contributed by atoms with Gasteiger partial charge in [0.15, 0.2) is 0 Å². The van der Waals surface area contributed by atoms with Crippen molar-refractivity contribution in [3.8, 4) is 0 Å². The third kappa shape index (κ3) is 12.4. The topological polar surface area (TPSA) is 236 Å². The number of carbonyl (C=O) groups is 6. The molecule has 0 saturated carbocycles. The van der Waals surface area contributed by atoms with Crippen LogP contribution in [0.5, 0.6) is 0 Å². The number of aliphatic hydroxyl groups excluding tert-OH is 1. The number of carbonyl (C=O) groups excluding carboxylic acids is 6. The van der Waals surface area contributed by atoms with Crippen molar-refractivity contribution in [2.24, 2.45) is 17.5 Å². The minimum absolute atomic E-state index is 0.0365. The number of nitrogens with two attached hydrogens (primary N) is 2. The van der Waals surface area contributed by atoms with Crippen LogP contribution < -0.4 is 27.5 Å². The number of hydrogen-bond donors (Lipinski definition) is 6. The highest BCUT2D eigenvalue weighted by Gasteiger charge is 2.35. The predicted molar refractivity (Wildman–Crippen MR) is 175 cm³/mol. The molecule has 1 aromatic carbocycles. The Labute approximate surface area is 279 Å². The number of hydrazine groups is 1. The second-order valence-electron chi connectivity index (χ2n) is 11.8. The number of nitrogens with one attached hydrogen (secondary N) is 3. The van der Waals surface area contributed by atoms with Gasteiger partial charge in [-0.3, -0.25) is 33.7 Å². The van der Waals surface area contributed by atoms with E-state index in [2.05, 4.69) is 20.7 Å². The summed E-state index contributed by atoms with van der Waals surface area (Å²) in [6.07, 6.45) is 4.06. The first kappa shape index (κ1) is 39.4. The molecule has 0 fully saturated rings. The molecule has 1 aliphatic heterocycles. The Morgan fingerprint density at radius 2 is 1.75 bits per heavy atom. The van der Waals surface area contributed by atoms with E-state index in [4.69, 9.17) is 16.3 Å². The summed E-state index contributed by atoms with van der Waals surface area (Å²) >= 11 is 0. The lowest BCUT2D eigenvalue weighted by Crippen LogP contribution is -2.53. The fourth-order valence-electron chi connectivity index (χ4n) is 4.64. The molecule has 16 nitrogen and oxygen atoms in total. The monoisotopic (exact) mass is 673 g/mol. The fraction of sp³-hybridized carbons (Fsp3) is 0.500. The lowest BCUT2D eigenvalue weighted by atomic mass is 9.99. The van der Waals surface area contributed by atoms with Crippen LogP contribution in [0.4, 0.5) is 5.69 Å². The highest BCUT2D eigenvalue weighted by Crippen LogP contribution is 2.20. The summed E-state index contributed by atoms with van der Waals surface area (Å²) in [5.74, 6) is 2.52. The summed E-state index contributed by atoms with van der Waals surface area (Å²) in [5.41, 5.74) is 6.87. The van der Waals surface area contributed by atoms with Crippen LogP contribution in [0.1, 0.15) is 52.5 Å². The van der Waals surface area contributed by atoms with Gasteiger partial charge in [-0.15, -0.1) is 0 Å². The van der Waals surface area contributed by atoms with Crippen LogP contribution in [-0.4, -0.2) is 95.0 Å². The Morgan fingerprint density at radius 3 is 2.31 bits per heavy atom. The minimum Gasteiger partial charge on any atom is -0.463 e. The standard InChI is InChI=1S/C32H47N7O9/c1-5-32(4,12-14-40)48-15-13-38(34)18-24(33)25(39-28(44)10-11-29(39)45)16-26(42)37-30(21(2)3)31(46)35-17-27(43)36-23-8-6-22(7-9-23)19-47-20-41/h6-11,18,20-21,25,30,40H,5,12-17,19,33-34H2,1-4H3,(H,35,46)(H,36,43)(H,37,42)/b24-18-. The van der Waals surface area contributed by atoms with E-state index in [1.807, 2.05) is 13.8 Å². The highest BCUT2D eigenvalue weighted by molar-refractivity contribution is 6.13. The van der Waals surface area contributed by atoms with Gasteiger partial charge in [-0.25, -0.2) is 5.84 Å². The van der Waals surface area contributed by atoms with Crippen LogP contribution in [-0.2, 0) is 44.8 Å². The van der Waals surface area contributed by atoms with E-state index < -0.39 is 59.6 Å². The van der Waals surface area contributed by atoms with Gasteiger partial charge in [0.25, 0.3) is 18.3 Å². The van der Waals surface area contributed by atoms with Gasteiger partial charge in [-0.2, -0.15) is 0 Å². The number of aliphatic hydroxyl groups is 1. The number of benzene rings is 1. The second kappa shape index (κ2) is 19.1. The van der Waals surface area contributed by atoms with Gasteiger partial charge in [-0.05, 0) is 43.4 Å². The normalized spacial score (nSPS) is 15.5. The molecule has 1 aliphatic rings. The highest BCUT2D eigenvalue weighted by atomic mass is 16.5. The van der Waals surface area contributed by atoms with Gasteiger partial charge in [-0.1, -0.05) is 32.9 Å². The number of imide groups is 1. The third-order valence-corrected chi connectivity index (χ3v) is 7.67. The first-order valence-electron chi connectivity index (χ1n) is 15.5. The Morgan fingerprint density at radius 1 is 1.10 bits per heavy atom. The van der Waals surface area contributed by atoms with Crippen LogP contribution in [0.3, 0.4) is 0 Å². The molecule has 264 valence electrons. The Balaban J connectivity index is 2.04. The van der Waals surface area contributed by atoms with Gasteiger partial charge in [0.05, 0.1) is 37.8 Å². The van der Waals surface area contributed by atoms with Crippen LogP contribution >= 0.6 is 0 Å². The zero-order chi connectivity index (χ0) is 35.9. The van der Waals surface area contributed by atoms with Gasteiger partial charge in [0.1, 0.15) is 12.6 Å². The Hall–Kier alpha value is -4.80. The summed E-state index contributed by atoms with van der Waals surface area (Å²) in [6, 6.07) is 4.27. The summed E-state index contributed by atoms with van der Waals surface area (Å²) < 4.78 is 10.6. The summed E-state index contributed by atoms with van der Waals surface area (Å²) in [5, 5.41) is 18.3. The molecule has 0 aromatic heterocycles. The molecule has 0 saturated heterocycles. The minimum atomic E-state index is -1.22. The Kier molecular flexibility index (Phi) is 15.7. The lowest BCUT2D eigenvalue weighted by molar-refractivity contribution is -0.140. The van der Waals surface area contributed by atoms with Gasteiger partial charge < -0.3 is 41.3 Å².